The van der Waals surface area contributed by atoms with E-state index in [2.05, 4.69) is 45.9 Å². The van der Waals surface area contributed by atoms with Crippen molar-refractivity contribution in [2.75, 3.05) is 39.3 Å². The standard InChI is InChI=1S/2C6H15N.H4O7P2/c2*1-4-7(5-2)6-3;1-8(2,3)7-9(4,5)6/h2*4-6H2,1-3H3;(H2,1,2,3)(H2,4,5,6). The largest absolute Gasteiger partial charge is 0.756 e. The fourth-order valence-corrected chi connectivity index (χ4v) is 2.67. The van der Waals surface area contributed by atoms with Crippen molar-refractivity contribution in [3.05, 3.63) is 0 Å². The molecule has 0 aliphatic rings. The molecule has 0 saturated carbocycles. The summed E-state index contributed by atoms with van der Waals surface area (Å²) in [6.07, 6.45) is 0. The lowest BCUT2D eigenvalue weighted by Crippen LogP contribution is -3.11. The Bertz CT molecular complexity index is 295. The molecule has 0 rings (SSSR count). The summed E-state index contributed by atoms with van der Waals surface area (Å²) >= 11 is 0. The summed E-state index contributed by atoms with van der Waals surface area (Å²) in [7, 11) is -10.7. The Morgan fingerprint density at radius 3 is 0.870 bits per heavy atom. The van der Waals surface area contributed by atoms with Crippen molar-refractivity contribution >= 4 is 15.6 Å². The molecule has 0 saturated heterocycles. The Balaban J connectivity index is -0.000000264. The highest BCUT2D eigenvalue weighted by Crippen LogP contribution is 2.48. The molecule has 0 radical (unpaired) electrons. The number of nitrogens with one attached hydrogen (secondary N) is 2. The van der Waals surface area contributed by atoms with Gasteiger partial charge in [0.25, 0.3) is 15.6 Å². The zero-order chi connectivity index (χ0) is 19.1. The van der Waals surface area contributed by atoms with Crippen LogP contribution in [-0.2, 0) is 13.4 Å². The second kappa shape index (κ2) is 15.7. The Morgan fingerprint density at radius 1 is 0.696 bits per heavy atom. The number of rotatable bonds is 8. The molecule has 0 spiro atoms. The Kier molecular flexibility index (Phi) is 19.1. The predicted molar refractivity (Wildman–Crippen MR) is 85.9 cm³/mol. The topological polar surface area (TPSA) is 139 Å². The van der Waals surface area contributed by atoms with Gasteiger partial charge in [0.2, 0.25) is 0 Å². The van der Waals surface area contributed by atoms with Gasteiger partial charge in [-0.1, -0.05) is 0 Å². The van der Waals surface area contributed by atoms with E-state index in [1.165, 1.54) is 39.3 Å². The molecule has 0 aromatic rings. The van der Waals surface area contributed by atoms with Crippen molar-refractivity contribution in [3.8, 4) is 0 Å². The van der Waals surface area contributed by atoms with Crippen molar-refractivity contribution in [3.63, 3.8) is 0 Å². The molecule has 0 aliphatic carbocycles. The molecule has 4 N–H and O–H groups in total. The molecule has 0 aromatic carbocycles. The minimum atomic E-state index is -5.36. The van der Waals surface area contributed by atoms with Crippen LogP contribution in [0.4, 0.5) is 0 Å². The monoisotopic (exact) mass is 380 g/mol. The van der Waals surface area contributed by atoms with Crippen molar-refractivity contribution in [1.29, 1.82) is 0 Å². The number of hydrogen-bond donors (Lipinski definition) is 4. The number of phosphoric acid groups is 2. The Labute approximate surface area is 140 Å². The van der Waals surface area contributed by atoms with E-state index in [1.54, 1.807) is 9.80 Å². The van der Waals surface area contributed by atoms with E-state index in [-0.39, 0.29) is 0 Å². The summed E-state index contributed by atoms with van der Waals surface area (Å²) in [5, 5.41) is 0. The molecule has 0 aliphatic heterocycles. The van der Waals surface area contributed by atoms with Gasteiger partial charge in [-0.2, -0.15) is 0 Å². The van der Waals surface area contributed by atoms with Gasteiger partial charge in [0.1, 0.15) is 0 Å². The lowest BCUT2D eigenvalue weighted by Gasteiger charge is -2.22. The highest BCUT2D eigenvalue weighted by Gasteiger charge is 2.10. The third-order valence-electron chi connectivity index (χ3n) is 3.21. The van der Waals surface area contributed by atoms with Gasteiger partial charge in [0, 0.05) is 0 Å². The molecule has 0 heterocycles. The van der Waals surface area contributed by atoms with Gasteiger partial charge >= 0.3 is 0 Å². The van der Waals surface area contributed by atoms with Gasteiger partial charge in [-0.15, -0.1) is 0 Å². The summed E-state index contributed by atoms with van der Waals surface area (Å²) in [5.74, 6) is 0. The second-order valence-electron chi connectivity index (χ2n) is 4.64. The third kappa shape index (κ3) is 27.3. The summed E-state index contributed by atoms with van der Waals surface area (Å²) in [5.41, 5.74) is 0. The molecular weight excluding hydrogens is 346 g/mol. The third-order valence-corrected chi connectivity index (χ3v) is 4.86. The van der Waals surface area contributed by atoms with Gasteiger partial charge < -0.3 is 29.4 Å². The van der Waals surface area contributed by atoms with Crippen LogP contribution < -0.4 is 19.6 Å². The van der Waals surface area contributed by atoms with Gasteiger partial charge in [0.05, 0.1) is 39.3 Å². The fraction of sp³-hybridized carbons (Fsp3) is 1.00. The van der Waals surface area contributed by atoms with Crippen molar-refractivity contribution < 1.29 is 42.8 Å². The molecule has 0 bridgehead atoms. The van der Waals surface area contributed by atoms with Crippen LogP contribution in [0.2, 0.25) is 0 Å². The molecule has 2 unspecified atom stereocenters. The van der Waals surface area contributed by atoms with Gasteiger partial charge in [-0.3, -0.25) is 9.13 Å². The molecule has 23 heavy (non-hydrogen) atoms. The highest BCUT2D eigenvalue weighted by atomic mass is 31.3. The number of quaternary nitrogens is 2. The second-order valence-corrected chi connectivity index (χ2v) is 7.17. The molecular formula is C12H34N2O7P2. The molecule has 9 nitrogen and oxygen atoms in total. The lowest BCUT2D eigenvalue weighted by molar-refractivity contribution is -0.894. The maximum Gasteiger partial charge on any atom is 0.271 e. The molecule has 0 amide bonds. The van der Waals surface area contributed by atoms with Crippen molar-refractivity contribution in [2.45, 2.75) is 41.5 Å². The van der Waals surface area contributed by atoms with E-state index in [0.29, 0.717) is 0 Å². The maximum absolute atomic E-state index is 9.48. The Morgan fingerprint density at radius 2 is 0.870 bits per heavy atom. The van der Waals surface area contributed by atoms with Gasteiger partial charge in [0.15, 0.2) is 0 Å². The van der Waals surface area contributed by atoms with E-state index in [9.17, 15) is 18.9 Å². The van der Waals surface area contributed by atoms with E-state index < -0.39 is 15.6 Å². The smallest absolute Gasteiger partial charge is 0.271 e. The van der Waals surface area contributed by atoms with Crippen LogP contribution in [0.1, 0.15) is 41.5 Å². The molecule has 144 valence electrons. The van der Waals surface area contributed by atoms with E-state index >= 15 is 0 Å². The molecule has 0 aromatic heterocycles. The SMILES string of the molecule is CC[NH+](CC)CC.CC[NH+](CC)CC.O=P([O-])(O)OP(=O)([O-])O. The fourth-order valence-electron chi connectivity index (χ4n) is 1.63. The van der Waals surface area contributed by atoms with Crippen LogP contribution in [0, 0.1) is 0 Å². The van der Waals surface area contributed by atoms with Crippen LogP contribution in [0.5, 0.6) is 0 Å². The van der Waals surface area contributed by atoms with Crippen LogP contribution in [0.25, 0.3) is 0 Å². The first-order valence-electron chi connectivity index (χ1n) is 7.86. The van der Waals surface area contributed by atoms with Crippen LogP contribution in [-0.4, -0.2) is 49.1 Å². The zero-order valence-electron chi connectivity index (χ0n) is 15.1. The Hall–Kier alpha value is 0.180. The first kappa shape index (κ1) is 28.0. The first-order chi connectivity index (χ1) is 10.4. The van der Waals surface area contributed by atoms with Crippen LogP contribution in [0.15, 0.2) is 0 Å². The summed E-state index contributed by atoms with van der Waals surface area (Å²) < 4.78 is 21.7. The number of hydrogen-bond acceptors (Lipinski definition) is 5. The van der Waals surface area contributed by atoms with Crippen LogP contribution in [0.3, 0.4) is 0 Å². The van der Waals surface area contributed by atoms with Crippen LogP contribution >= 0.6 is 15.6 Å². The minimum Gasteiger partial charge on any atom is -0.756 e. The normalized spacial score (nSPS) is 15.8. The average molecular weight is 380 g/mol. The minimum absolute atomic E-state index is 1.27. The van der Waals surface area contributed by atoms with E-state index in [1.807, 2.05) is 0 Å². The quantitative estimate of drug-likeness (QED) is 0.350. The summed E-state index contributed by atoms with van der Waals surface area (Å²) in [6, 6.07) is 0. The lowest BCUT2D eigenvalue weighted by atomic mass is 10.5. The zero-order valence-corrected chi connectivity index (χ0v) is 16.9. The van der Waals surface area contributed by atoms with E-state index in [0.717, 1.165) is 0 Å². The summed E-state index contributed by atoms with van der Waals surface area (Å²) in [6.45, 7) is 21.0. The molecule has 11 heteroatoms. The van der Waals surface area contributed by atoms with Crippen molar-refractivity contribution in [2.24, 2.45) is 0 Å². The van der Waals surface area contributed by atoms with Gasteiger partial charge in [-0.25, -0.2) is 4.31 Å². The molecule has 2 atom stereocenters. The molecule has 0 fully saturated rings. The predicted octanol–water partition coefficient (Wildman–Crippen LogP) is -2.21. The first-order valence-corrected chi connectivity index (χ1v) is 10.9. The van der Waals surface area contributed by atoms with Crippen molar-refractivity contribution in [1.82, 2.24) is 0 Å². The summed E-state index contributed by atoms with van der Waals surface area (Å²) in [4.78, 5) is 37.5. The average Bonchev–Trinajstić information content (AvgIpc) is 2.40. The highest BCUT2D eigenvalue weighted by molar-refractivity contribution is 7.58. The maximum atomic E-state index is 9.48. The van der Waals surface area contributed by atoms with Gasteiger partial charge in [-0.05, 0) is 41.5 Å². The van der Waals surface area contributed by atoms with E-state index in [4.69, 9.17) is 9.79 Å².